The van der Waals surface area contributed by atoms with E-state index in [0.717, 1.165) is 39.8 Å². The number of halogens is 2. The van der Waals surface area contributed by atoms with Crippen LogP contribution in [0.15, 0.2) is 34.8 Å². The zero-order chi connectivity index (χ0) is 13.7. The number of benzene rings is 1. The van der Waals surface area contributed by atoms with E-state index in [-0.39, 0.29) is 0 Å². The lowest BCUT2D eigenvalue weighted by Crippen LogP contribution is -2.02. The molecule has 1 N–H and O–H groups in total. The molecule has 2 nitrogen and oxygen atoms in total. The van der Waals surface area contributed by atoms with Crippen LogP contribution in [0, 0.1) is 0 Å². The topological polar surface area (TPSA) is 21.3 Å². The van der Waals surface area contributed by atoms with Gasteiger partial charge in [0, 0.05) is 15.9 Å². The molecule has 0 atom stereocenters. The van der Waals surface area contributed by atoms with Crippen molar-refractivity contribution in [3.05, 3.63) is 44.0 Å². The van der Waals surface area contributed by atoms with Crippen molar-refractivity contribution in [2.75, 3.05) is 11.9 Å². The summed E-state index contributed by atoms with van der Waals surface area (Å²) in [5.74, 6) is 0.895. The second-order valence-electron chi connectivity index (χ2n) is 4.03. The van der Waals surface area contributed by atoms with Crippen molar-refractivity contribution in [1.29, 1.82) is 0 Å². The van der Waals surface area contributed by atoms with Crippen LogP contribution < -0.4 is 10.1 Å². The zero-order valence-electron chi connectivity index (χ0n) is 10.6. The molecular formula is C14H15BrClNOS. The predicted octanol–water partition coefficient (Wildman–Crippen LogP) is 5.56. The van der Waals surface area contributed by atoms with E-state index >= 15 is 0 Å². The van der Waals surface area contributed by atoms with Crippen LogP contribution in [-0.4, -0.2) is 6.61 Å². The van der Waals surface area contributed by atoms with Gasteiger partial charge in [0.2, 0.25) is 0 Å². The molecule has 0 unspecified atom stereocenters. The number of thiophene rings is 1. The summed E-state index contributed by atoms with van der Waals surface area (Å²) in [5, 5.41) is 3.38. The summed E-state index contributed by atoms with van der Waals surface area (Å²) in [5.41, 5.74) is 1.01. The Morgan fingerprint density at radius 1 is 1.37 bits per heavy atom. The van der Waals surface area contributed by atoms with E-state index in [0.29, 0.717) is 0 Å². The van der Waals surface area contributed by atoms with Crippen LogP contribution in [0.1, 0.15) is 18.2 Å². The van der Waals surface area contributed by atoms with Gasteiger partial charge in [-0.15, -0.1) is 11.3 Å². The molecule has 1 aromatic heterocycles. The first kappa shape index (κ1) is 14.7. The minimum atomic E-state index is 0.731. The molecule has 0 fully saturated rings. The SMILES string of the molecule is CCCOc1ccccc1NCc1cc(Br)c(Cl)s1. The highest BCUT2D eigenvalue weighted by atomic mass is 79.9. The van der Waals surface area contributed by atoms with Crippen LogP contribution in [0.5, 0.6) is 5.75 Å². The number of hydrogen-bond donors (Lipinski definition) is 1. The van der Waals surface area contributed by atoms with Crippen molar-refractivity contribution in [2.45, 2.75) is 19.9 Å². The molecule has 0 amide bonds. The van der Waals surface area contributed by atoms with Crippen molar-refractivity contribution < 1.29 is 4.74 Å². The molecule has 19 heavy (non-hydrogen) atoms. The second kappa shape index (κ2) is 7.17. The minimum absolute atomic E-state index is 0.731. The quantitative estimate of drug-likeness (QED) is 0.727. The number of nitrogens with one attached hydrogen (secondary N) is 1. The van der Waals surface area contributed by atoms with Crippen LogP contribution in [0.2, 0.25) is 4.34 Å². The van der Waals surface area contributed by atoms with E-state index < -0.39 is 0 Å². The van der Waals surface area contributed by atoms with Crippen molar-refractivity contribution in [3.8, 4) is 5.75 Å². The number of rotatable bonds is 6. The molecule has 0 aliphatic rings. The van der Waals surface area contributed by atoms with Gasteiger partial charge in [0.25, 0.3) is 0 Å². The summed E-state index contributed by atoms with van der Waals surface area (Å²) >= 11 is 11.0. The Bertz CT molecular complexity index is 524. The first-order chi connectivity index (χ1) is 9.20. The summed E-state index contributed by atoms with van der Waals surface area (Å²) < 4.78 is 7.44. The average Bonchev–Trinajstić information content (AvgIpc) is 2.74. The molecular weight excluding hydrogens is 346 g/mol. The highest BCUT2D eigenvalue weighted by Crippen LogP contribution is 2.33. The highest BCUT2D eigenvalue weighted by molar-refractivity contribution is 9.10. The third-order valence-electron chi connectivity index (χ3n) is 2.50. The van der Waals surface area contributed by atoms with Crippen molar-refractivity contribution in [3.63, 3.8) is 0 Å². The van der Waals surface area contributed by atoms with Crippen molar-refractivity contribution >= 4 is 44.6 Å². The molecule has 0 radical (unpaired) electrons. The first-order valence-electron chi connectivity index (χ1n) is 6.10. The number of hydrogen-bond acceptors (Lipinski definition) is 3. The third kappa shape index (κ3) is 4.13. The fourth-order valence-electron chi connectivity index (χ4n) is 1.61. The molecule has 0 saturated heterocycles. The maximum atomic E-state index is 6.03. The van der Waals surface area contributed by atoms with E-state index in [4.69, 9.17) is 16.3 Å². The summed E-state index contributed by atoms with van der Waals surface area (Å²) in [6, 6.07) is 10.0. The average molecular weight is 361 g/mol. The molecule has 0 aliphatic carbocycles. The van der Waals surface area contributed by atoms with Crippen LogP contribution in [0.4, 0.5) is 5.69 Å². The fraction of sp³-hybridized carbons (Fsp3) is 0.286. The normalized spacial score (nSPS) is 10.5. The van der Waals surface area contributed by atoms with Gasteiger partial charge in [0.1, 0.15) is 10.1 Å². The first-order valence-corrected chi connectivity index (χ1v) is 8.09. The molecule has 0 saturated carbocycles. The lowest BCUT2D eigenvalue weighted by Gasteiger charge is -2.12. The maximum Gasteiger partial charge on any atom is 0.142 e. The molecule has 102 valence electrons. The number of ether oxygens (including phenoxy) is 1. The Balaban J connectivity index is 2.02. The van der Waals surface area contributed by atoms with Crippen LogP contribution in [-0.2, 0) is 6.54 Å². The van der Waals surface area contributed by atoms with Crippen molar-refractivity contribution in [1.82, 2.24) is 0 Å². The maximum absolute atomic E-state index is 6.03. The van der Waals surface area contributed by atoms with Gasteiger partial charge in [-0.2, -0.15) is 0 Å². The van der Waals surface area contributed by atoms with Gasteiger partial charge in [-0.05, 0) is 40.5 Å². The van der Waals surface area contributed by atoms with Gasteiger partial charge in [-0.3, -0.25) is 0 Å². The van der Waals surface area contributed by atoms with Gasteiger partial charge >= 0.3 is 0 Å². The molecule has 2 rings (SSSR count). The van der Waals surface area contributed by atoms with Crippen LogP contribution in [0.25, 0.3) is 0 Å². The predicted molar refractivity (Wildman–Crippen MR) is 86.6 cm³/mol. The standard InChI is InChI=1S/C14H15BrClNOS/c1-2-7-18-13-6-4-3-5-12(13)17-9-10-8-11(15)14(16)19-10/h3-6,8,17H,2,7,9H2,1H3. The summed E-state index contributed by atoms with van der Waals surface area (Å²) in [6.45, 7) is 3.57. The summed E-state index contributed by atoms with van der Waals surface area (Å²) in [4.78, 5) is 1.18. The Kier molecular flexibility index (Phi) is 5.55. The van der Waals surface area contributed by atoms with Gasteiger partial charge in [0.15, 0.2) is 0 Å². The fourth-order valence-corrected chi connectivity index (χ4v) is 3.34. The summed E-state index contributed by atoms with van der Waals surface area (Å²) in [7, 11) is 0. The van der Waals surface area contributed by atoms with Crippen molar-refractivity contribution in [2.24, 2.45) is 0 Å². The molecule has 0 aliphatic heterocycles. The van der Waals surface area contributed by atoms with Crippen LogP contribution >= 0.6 is 38.9 Å². The molecule has 5 heteroatoms. The third-order valence-corrected chi connectivity index (χ3v) is 4.97. The molecule has 1 heterocycles. The molecule has 1 aromatic carbocycles. The zero-order valence-corrected chi connectivity index (χ0v) is 13.7. The Morgan fingerprint density at radius 2 is 2.16 bits per heavy atom. The monoisotopic (exact) mass is 359 g/mol. The highest BCUT2D eigenvalue weighted by Gasteiger charge is 2.06. The van der Waals surface area contributed by atoms with Gasteiger partial charge < -0.3 is 10.1 Å². The van der Waals surface area contributed by atoms with E-state index in [1.165, 1.54) is 4.88 Å². The van der Waals surface area contributed by atoms with Gasteiger partial charge in [-0.25, -0.2) is 0 Å². The van der Waals surface area contributed by atoms with Gasteiger partial charge in [0.05, 0.1) is 12.3 Å². The van der Waals surface area contributed by atoms with E-state index in [9.17, 15) is 0 Å². The number of anilines is 1. The largest absolute Gasteiger partial charge is 0.491 e. The minimum Gasteiger partial charge on any atom is -0.491 e. The Morgan fingerprint density at radius 3 is 2.84 bits per heavy atom. The Labute approximate surface area is 130 Å². The molecule has 2 aromatic rings. The van der Waals surface area contributed by atoms with Gasteiger partial charge in [-0.1, -0.05) is 30.7 Å². The summed E-state index contributed by atoms with van der Waals surface area (Å²) in [6.07, 6.45) is 1.00. The van der Waals surface area contributed by atoms with E-state index in [1.807, 2.05) is 30.3 Å². The lowest BCUT2D eigenvalue weighted by molar-refractivity contribution is 0.319. The number of para-hydroxylation sites is 2. The second-order valence-corrected chi connectivity index (χ2v) is 6.63. The Hall–Kier alpha value is -0.710. The molecule has 0 bridgehead atoms. The van der Waals surface area contributed by atoms with E-state index in [1.54, 1.807) is 11.3 Å². The van der Waals surface area contributed by atoms with Crippen LogP contribution in [0.3, 0.4) is 0 Å². The molecule has 0 spiro atoms. The lowest BCUT2D eigenvalue weighted by atomic mass is 10.3. The smallest absolute Gasteiger partial charge is 0.142 e. The van der Waals surface area contributed by atoms with E-state index in [2.05, 4.69) is 28.2 Å².